The number of halogens is 1. The van der Waals surface area contributed by atoms with Gasteiger partial charge in [0, 0.05) is 6.07 Å². The molecule has 4 nitrogen and oxygen atoms in total. The van der Waals surface area contributed by atoms with Crippen molar-refractivity contribution in [2.45, 2.75) is 6.92 Å². The quantitative estimate of drug-likeness (QED) is 0.891. The maximum absolute atomic E-state index is 9.63. The molecule has 0 aromatic heterocycles. The molecule has 0 saturated heterocycles. The third-order valence-electron chi connectivity index (χ3n) is 1.73. The largest absolute Gasteiger partial charge is 0.503 e. The van der Waals surface area contributed by atoms with Gasteiger partial charge in [-0.3, -0.25) is 0 Å². The first-order valence-electron chi connectivity index (χ1n) is 4.14. The summed E-state index contributed by atoms with van der Waals surface area (Å²) in [6.45, 7) is 2.10. The van der Waals surface area contributed by atoms with Gasteiger partial charge in [-0.15, -0.1) is 0 Å². The molecule has 0 aliphatic carbocycles. The van der Waals surface area contributed by atoms with Crippen molar-refractivity contribution in [3.8, 4) is 23.6 Å². The molecule has 0 amide bonds. The van der Waals surface area contributed by atoms with Crippen LogP contribution >= 0.6 is 15.9 Å². The second-order valence-corrected chi connectivity index (χ2v) is 3.41. The van der Waals surface area contributed by atoms with Gasteiger partial charge in [0.1, 0.15) is 17.7 Å². The van der Waals surface area contributed by atoms with Crippen LogP contribution in [0.2, 0.25) is 0 Å². The van der Waals surface area contributed by atoms with Crippen LogP contribution in [0, 0.1) is 22.7 Å². The van der Waals surface area contributed by atoms with E-state index in [0.29, 0.717) is 6.61 Å². The summed E-state index contributed by atoms with van der Waals surface area (Å²) in [6.07, 6.45) is 0. The Bertz CT molecular complexity index is 472. The Morgan fingerprint density at radius 2 is 2.13 bits per heavy atom. The molecule has 0 atom stereocenters. The van der Waals surface area contributed by atoms with E-state index in [0.717, 1.165) is 0 Å². The fourth-order valence-corrected chi connectivity index (χ4v) is 1.55. The summed E-state index contributed by atoms with van der Waals surface area (Å²) in [5, 5.41) is 27.2. The number of hydrogen-bond donors (Lipinski definition) is 1. The topological polar surface area (TPSA) is 77.0 Å². The molecule has 0 aliphatic rings. The van der Waals surface area contributed by atoms with E-state index in [2.05, 4.69) is 15.9 Å². The SMILES string of the molecule is CCOc1cc(C#N)c(Br)c(C#N)c1O. The maximum atomic E-state index is 9.63. The minimum Gasteiger partial charge on any atom is -0.503 e. The lowest BCUT2D eigenvalue weighted by Crippen LogP contribution is -1.95. The van der Waals surface area contributed by atoms with Gasteiger partial charge in [0.25, 0.3) is 0 Å². The highest BCUT2D eigenvalue weighted by Gasteiger charge is 2.16. The van der Waals surface area contributed by atoms with E-state index in [1.54, 1.807) is 6.92 Å². The Balaban J connectivity index is 3.47. The van der Waals surface area contributed by atoms with E-state index in [1.807, 2.05) is 12.1 Å². The highest BCUT2D eigenvalue weighted by atomic mass is 79.9. The van der Waals surface area contributed by atoms with Crippen LogP contribution in [0.1, 0.15) is 18.1 Å². The van der Waals surface area contributed by atoms with Crippen LogP contribution in [0.25, 0.3) is 0 Å². The van der Waals surface area contributed by atoms with Gasteiger partial charge in [0.2, 0.25) is 0 Å². The third-order valence-corrected chi connectivity index (χ3v) is 2.56. The molecule has 0 saturated carbocycles. The zero-order valence-electron chi connectivity index (χ0n) is 7.91. The maximum Gasteiger partial charge on any atom is 0.177 e. The number of ether oxygens (including phenoxy) is 1. The average molecular weight is 267 g/mol. The van der Waals surface area contributed by atoms with Gasteiger partial charge in [0.15, 0.2) is 11.5 Å². The van der Waals surface area contributed by atoms with E-state index in [-0.39, 0.29) is 27.1 Å². The Morgan fingerprint density at radius 3 is 2.60 bits per heavy atom. The van der Waals surface area contributed by atoms with Crippen LogP contribution < -0.4 is 4.74 Å². The van der Waals surface area contributed by atoms with E-state index >= 15 is 0 Å². The highest BCUT2D eigenvalue weighted by molar-refractivity contribution is 9.10. The first kappa shape index (κ1) is 11.4. The normalized spacial score (nSPS) is 9.07. The minimum atomic E-state index is -0.245. The molecule has 15 heavy (non-hydrogen) atoms. The van der Waals surface area contributed by atoms with Gasteiger partial charge in [-0.1, -0.05) is 0 Å². The summed E-state index contributed by atoms with van der Waals surface area (Å²) in [5.41, 5.74) is 0.269. The predicted molar refractivity (Wildman–Crippen MR) is 56.4 cm³/mol. The summed E-state index contributed by atoms with van der Waals surface area (Å²) >= 11 is 3.08. The Labute approximate surface area is 95.5 Å². The first-order valence-corrected chi connectivity index (χ1v) is 4.93. The molecule has 1 aromatic carbocycles. The Morgan fingerprint density at radius 1 is 1.47 bits per heavy atom. The number of phenols is 1. The van der Waals surface area contributed by atoms with Crippen LogP contribution in [-0.2, 0) is 0 Å². The lowest BCUT2D eigenvalue weighted by atomic mass is 10.1. The summed E-state index contributed by atoms with van der Waals surface area (Å²) < 4.78 is 5.39. The fraction of sp³-hybridized carbons (Fsp3) is 0.200. The van der Waals surface area contributed by atoms with Crippen LogP contribution in [0.15, 0.2) is 10.5 Å². The van der Waals surface area contributed by atoms with Crippen molar-refractivity contribution in [3.63, 3.8) is 0 Å². The third kappa shape index (κ3) is 2.03. The first-order chi connectivity index (χ1) is 7.15. The number of hydrogen-bond acceptors (Lipinski definition) is 4. The Hall–Kier alpha value is -1.72. The van der Waals surface area contributed by atoms with Crippen LogP contribution in [0.4, 0.5) is 0 Å². The second-order valence-electron chi connectivity index (χ2n) is 2.62. The molecule has 1 rings (SSSR count). The molecular weight excluding hydrogens is 260 g/mol. The molecule has 76 valence electrons. The summed E-state index contributed by atoms with van der Waals surface area (Å²) in [6, 6.07) is 5.11. The molecule has 0 unspecified atom stereocenters. The van der Waals surface area contributed by atoms with Crippen molar-refractivity contribution in [1.82, 2.24) is 0 Å². The molecule has 0 bridgehead atoms. The molecule has 1 aromatic rings. The number of nitrogens with zero attached hydrogens (tertiary/aromatic N) is 2. The number of rotatable bonds is 2. The van der Waals surface area contributed by atoms with Crippen molar-refractivity contribution in [2.75, 3.05) is 6.61 Å². The summed E-state index contributed by atoms with van der Waals surface area (Å²) in [4.78, 5) is 0. The van der Waals surface area contributed by atoms with Crippen molar-refractivity contribution in [2.24, 2.45) is 0 Å². The molecule has 0 radical (unpaired) electrons. The number of phenolic OH excluding ortho intramolecular Hbond substituents is 1. The number of benzene rings is 1. The number of aromatic hydroxyl groups is 1. The van der Waals surface area contributed by atoms with E-state index in [9.17, 15) is 5.11 Å². The smallest absolute Gasteiger partial charge is 0.177 e. The second kappa shape index (κ2) is 4.68. The number of nitriles is 2. The van der Waals surface area contributed by atoms with Crippen molar-refractivity contribution in [1.29, 1.82) is 10.5 Å². The van der Waals surface area contributed by atoms with Crippen LogP contribution in [0.3, 0.4) is 0 Å². The van der Waals surface area contributed by atoms with Crippen LogP contribution in [0.5, 0.6) is 11.5 Å². The lowest BCUT2D eigenvalue weighted by molar-refractivity contribution is 0.317. The summed E-state index contributed by atoms with van der Waals surface area (Å²) in [5.74, 6) is -0.0981. The van der Waals surface area contributed by atoms with Gasteiger partial charge in [-0.25, -0.2) is 0 Å². The average Bonchev–Trinajstić information content (AvgIpc) is 2.23. The highest BCUT2D eigenvalue weighted by Crippen LogP contribution is 2.37. The van der Waals surface area contributed by atoms with Crippen molar-refractivity contribution in [3.05, 3.63) is 21.7 Å². The predicted octanol–water partition coefficient (Wildman–Crippen LogP) is 2.30. The zero-order chi connectivity index (χ0) is 11.4. The van der Waals surface area contributed by atoms with Crippen LogP contribution in [-0.4, -0.2) is 11.7 Å². The lowest BCUT2D eigenvalue weighted by Gasteiger charge is -2.08. The van der Waals surface area contributed by atoms with E-state index < -0.39 is 0 Å². The molecule has 0 heterocycles. The van der Waals surface area contributed by atoms with Crippen molar-refractivity contribution >= 4 is 15.9 Å². The van der Waals surface area contributed by atoms with Gasteiger partial charge < -0.3 is 9.84 Å². The fourth-order valence-electron chi connectivity index (χ4n) is 1.07. The molecule has 0 spiro atoms. The molecule has 0 aliphatic heterocycles. The molecule has 1 N–H and O–H groups in total. The minimum absolute atomic E-state index is 0.0116. The molecule has 0 fully saturated rings. The summed E-state index contributed by atoms with van der Waals surface area (Å²) in [7, 11) is 0. The van der Waals surface area contributed by atoms with Gasteiger partial charge in [-0.2, -0.15) is 10.5 Å². The monoisotopic (exact) mass is 266 g/mol. The molecule has 5 heteroatoms. The van der Waals surface area contributed by atoms with Crippen molar-refractivity contribution < 1.29 is 9.84 Å². The van der Waals surface area contributed by atoms with Gasteiger partial charge in [-0.05, 0) is 22.9 Å². The Kier molecular flexibility index (Phi) is 3.54. The zero-order valence-corrected chi connectivity index (χ0v) is 9.50. The molecular formula is C10H7BrN2O2. The van der Waals surface area contributed by atoms with Gasteiger partial charge in [0.05, 0.1) is 16.6 Å². The van der Waals surface area contributed by atoms with Gasteiger partial charge >= 0.3 is 0 Å². The standard InChI is InChI=1S/C10H7BrN2O2/c1-2-15-8-3-6(4-12)9(11)7(5-13)10(8)14/h3,14H,2H2,1H3. The van der Waals surface area contributed by atoms with E-state index in [4.69, 9.17) is 15.3 Å². The van der Waals surface area contributed by atoms with E-state index in [1.165, 1.54) is 6.07 Å².